The van der Waals surface area contributed by atoms with E-state index in [1.165, 1.54) is 24.8 Å². The number of tetrazole rings is 1. The number of imidazole rings is 1. The lowest BCUT2D eigenvalue weighted by Crippen LogP contribution is -2.14. The number of benzene rings is 4. The van der Waals surface area contributed by atoms with E-state index in [0.29, 0.717) is 30.1 Å². The zero-order chi connectivity index (χ0) is 33.2. The molecule has 0 radical (unpaired) electrons. The van der Waals surface area contributed by atoms with E-state index >= 15 is 0 Å². The lowest BCUT2D eigenvalue weighted by Gasteiger charge is -2.25. The minimum absolute atomic E-state index is 0.210. The summed E-state index contributed by atoms with van der Waals surface area (Å²) in [6, 6.07) is 31.4. The third-order valence-electron chi connectivity index (χ3n) is 9.42. The SMILES string of the molecule is CCc1ccc(Cn2nnc(-c3ccc4c(c3)nc(-c3ccc(OCc5noc(-c6ccccc6C)n5)cc3)n4C3CCCCC3)n2)cc1. The van der Waals surface area contributed by atoms with Gasteiger partial charge in [0.15, 0.2) is 6.61 Å². The fraction of sp³-hybridized carbons (Fsp3) is 0.282. The van der Waals surface area contributed by atoms with Crippen molar-refractivity contribution in [1.82, 2.24) is 39.9 Å². The monoisotopic (exact) mass is 650 g/mol. The van der Waals surface area contributed by atoms with Crippen molar-refractivity contribution in [2.75, 3.05) is 0 Å². The molecule has 4 aromatic carbocycles. The van der Waals surface area contributed by atoms with Gasteiger partial charge < -0.3 is 13.8 Å². The fourth-order valence-corrected chi connectivity index (χ4v) is 6.70. The molecule has 246 valence electrons. The summed E-state index contributed by atoms with van der Waals surface area (Å²) in [4.78, 5) is 11.4. The van der Waals surface area contributed by atoms with Crippen LogP contribution >= 0.6 is 0 Å². The molecule has 0 atom stereocenters. The Morgan fingerprint density at radius 1 is 0.837 bits per heavy atom. The number of hydrogen-bond donors (Lipinski definition) is 0. The molecule has 10 heteroatoms. The number of aromatic nitrogens is 8. The first-order valence-corrected chi connectivity index (χ1v) is 17.1. The van der Waals surface area contributed by atoms with Crippen molar-refractivity contribution in [3.05, 3.63) is 114 Å². The number of hydrogen-bond acceptors (Lipinski definition) is 8. The molecule has 49 heavy (non-hydrogen) atoms. The molecule has 1 aliphatic rings. The Labute approximate surface area is 284 Å². The lowest BCUT2D eigenvalue weighted by atomic mass is 9.95. The maximum Gasteiger partial charge on any atom is 0.258 e. The molecule has 0 amide bonds. The van der Waals surface area contributed by atoms with Gasteiger partial charge in [-0.05, 0) is 96.6 Å². The molecule has 1 fully saturated rings. The Kier molecular flexibility index (Phi) is 8.43. The number of fused-ring (bicyclic) bond motifs is 1. The molecule has 0 unspecified atom stereocenters. The topological polar surface area (TPSA) is 110 Å². The second kappa shape index (κ2) is 13.5. The van der Waals surface area contributed by atoms with E-state index < -0.39 is 0 Å². The molecule has 0 aliphatic heterocycles. The van der Waals surface area contributed by atoms with Crippen LogP contribution in [0.2, 0.25) is 0 Å². The molecule has 1 saturated carbocycles. The summed E-state index contributed by atoms with van der Waals surface area (Å²) in [5.41, 5.74) is 8.45. The Morgan fingerprint density at radius 3 is 2.41 bits per heavy atom. The molecule has 3 aromatic heterocycles. The zero-order valence-electron chi connectivity index (χ0n) is 27.8. The third-order valence-corrected chi connectivity index (χ3v) is 9.42. The second-order valence-electron chi connectivity index (χ2n) is 12.8. The maximum atomic E-state index is 6.05. The summed E-state index contributed by atoms with van der Waals surface area (Å²) >= 11 is 0. The summed E-state index contributed by atoms with van der Waals surface area (Å²) in [7, 11) is 0. The number of nitrogens with zero attached hydrogens (tertiary/aromatic N) is 8. The van der Waals surface area contributed by atoms with Crippen molar-refractivity contribution >= 4 is 11.0 Å². The molecule has 8 rings (SSSR count). The number of aryl methyl sites for hydroxylation is 2. The highest BCUT2D eigenvalue weighted by Crippen LogP contribution is 2.37. The molecule has 0 bridgehead atoms. The van der Waals surface area contributed by atoms with Crippen LogP contribution in [0.25, 0.3) is 45.3 Å². The summed E-state index contributed by atoms with van der Waals surface area (Å²) in [5, 5.41) is 17.5. The minimum atomic E-state index is 0.210. The summed E-state index contributed by atoms with van der Waals surface area (Å²) in [6.45, 7) is 4.97. The predicted octanol–water partition coefficient (Wildman–Crippen LogP) is 8.41. The zero-order valence-corrected chi connectivity index (χ0v) is 27.8. The van der Waals surface area contributed by atoms with Crippen LogP contribution in [-0.2, 0) is 19.6 Å². The molecule has 3 heterocycles. The van der Waals surface area contributed by atoms with Crippen LogP contribution in [-0.4, -0.2) is 39.9 Å². The van der Waals surface area contributed by atoms with Gasteiger partial charge in [-0.15, -0.1) is 10.2 Å². The van der Waals surface area contributed by atoms with Crippen LogP contribution in [0, 0.1) is 6.92 Å². The van der Waals surface area contributed by atoms with E-state index in [2.05, 4.69) is 86.5 Å². The first-order chi connectivity index (χ1) is 24.1. The molecule has 10 nitrogen and oxygen atoms in total. The third kappa shape index (κ3) is 6.46. The van der Waals surface area contributed by atoms with Crippen LogP contribution in [0.3, 0.4) is 0 Å². The minimum Gasteiger partial charge on any atom is -0.485 e. The predicted molar refractivity (Wildman–Crippen MR) is 188 cm³/mol. The molecule has 7 aromatic rings. The Balaban J connectivity index is 1.03. The van der Waals surface area contributed by atoms with Crippen molar-refractivity contribution in [2.45, 2.75) is 71.6 Å². The van der Waals surface area contributed by atoms with Gasteiger partial charge in [0.05, 0.1) is 17.6 Å². The maximum absolute atomic E-state index is 6.05. The fourth-order valence-electron chi connectivity index (χ4n) is 6.70. The van der Waals surface area contributed by atoms with E-state index in [0.717, 1.165) is 69.7 Å². The van der Waals surface area contributed by atoms with Crippen molar-refractivity contribution < 1.29 is 9.26 Å². The largest absolute Gasteiger partial charge is 0.485 e. The highest BCUT2D eigenvalue weighted by molar-refractivity contribution is 5.84. The lowest BCUT2D eigenvalue weighted by molar-refractivity contribution is 0.287. The molecule has 1 aliphatic carbocycles. The van der Waals surface area contributed by atoms with Gasteiger partial charge in [0, 0.05) is 22.7 Å². The van der Waals surface area contributed by atoms with Gasteiger partial charge in [-0.25, -0.2) is 4.98 Å². The van der Waals surface area contributed by atoms with Crippen LogP contribution in [0.15, 0.2) is 95.5 Å². The van der Waals surface area contributed by atoms with Gasteiger partial charge in [0.2, 0.25) is 11.6 Å². The standard InChI is InChI=1S/C39H38N8O2/c1-3-27-13-15-28(16-14-27)24-46-43-37(42-45-46)30-19-22-35-34(23-30)40-38(47(35)31-10-5-4-6-11-31)29-17-20-32(21-18-29)48-25-36-41-39(49-44-36)33-12-8-7-9-26(33)2/h7-9,12-23,31H,3-6,10-11,24-25H2,1-2H3. The quantitative estimate of drug-likeness (QED) is 0.145. The van der Waals surface area contributed by atoms with E-state index in [9.17, 15) is 0 Å². The smallest absolute Gasteiger partial charge is 0.258 e. The van der Waals surface area contributed by atoms with E-state index in [1.807, 2.05) is 43.3 Å². The van der Waals surface area contributed by atoms with Gasteiger partial charge in [-0.3, -0.25) is 0 Å². The first-order valence-electron chi connectivity index (χ1n) is 17.1. The van der Waals surface area contributed by atoms with Gasteiger partial charge in [-0.2, -0.15) is 9.78 Å². The van der Waals surface area contributed by atoms with E-state index in [4.69, 9.17) is 19.3 Å². The molecule has 0 spiro atoms. The van der Waals surface area contributed by atoms with Crippen LogP contribution in [0.1, 0.15) is 67.6 Å². The average molecular weight is 651 g/mol. The second-order valence-corrected chi connectivity index (χ2v) is 12.8. The highest BCUT2D eigenvalue weighted by atomic mass is 16.5. The van der Waals surface area contributed by atoms with Crippen LogP contribution in [0.4, 0.5) is 0 Å². The normalized spacial score (nSPS) is 13.7. The molecular formula is C39H38N8O2. The number of ether oxygens (including phenoxy) is 1. The molecular weight excluding hydrogens is 612 g/mol. The van der Waals surface area contributed by atoms with Crippen molar-refractivity contribution in [1.29, 1.82) is 0 Å². The summed E-state index contributed by atoms with van der Waals surface area (Å²) in [5.74, 6) is 3.27. The van der Waals surface area contributed by atoms with Crippen molar-refractivity contribution in [3.63, 3.8) is 0 Å². The Bertz CT molecular complexity index is 2190. The van der Waals surface area contributed by atoms with Crippen LogP contribution < -0.4 is 4.74 Å². The average Bonchev–Trinajstić information content (AvgIpc) is 3.91. The van der Waals surface area contributed by atoms with Gasteiger partial charge in [-0.1, -0.05) is 73.8 Å². The summed E-state index contributed by atoms with van der Waals surface area (Å²) in [6.07, 6.45) is 7.04. The highest BCUT2D eigenvalue weighted by Gasteiger charge is 2.23. The van der Waals surface area contributed by atoms with Crippen LogP contribution in [0.5, 0.6) is 5.75 Å². The molecule has 0 saturated heterocycles. The summed E-state index contributed by atoms with van der Waals surface area (Å²) < 4.78 is 14.0. The van der Waals surface area contributed by atoms with Gasteiger partial charge in [0.25, 0.3) is 5.89 Å². The van der Waals surface area contributed by atoms with Crippen molar-refractivity contribution in [2.24, 2.45) is 0 Å². The Morgan fingerprint density at radius 2 is 1.61 bits per heavy atom. The molecule has 0 N–H and O–H groups in total. The van der Waals surface area contributed by atoms with Gasteiger partial charge >= 0.3 is 0 Å². The Hall–Kier alpha value is -5.64. The first kappa shape index (κ1) is 30.7. The van der Waals surface area contributed by atoms with Gasteiger partial charge in [0.1, 0.15) is 11.6 Å². The van der Waals surface area contributed by atoms with Crippen molar-refractivity contribution in [3.8, 4) is 40.0 Å². The number of rotatable bonds is 10. The van der Waals surface area contributed by atoms with E-state index in [1.54, 1.807) is 4.80 Å². The van der Waals surface area contributed by atoms with E-state index in [-0.39, 0.29) is 6.61 Å².